The number of aliphatic carboxylic acids is 2. The molecule has 2 aromatic rings. The number of rotatable bonds is 6. The molecule has 1 aromatic heterocycles. The summed E-state index contributed by atoms with van der Waals surface area (Å²) in [6.45, 7) is 0.157. The van der Waals surface area contributed by atoms with E-state index in [1.165, 1.54) is 35.0 Å². The predicted molar refractivity (Wildman–Crippen MR) is 76.5 cm³/mol. The highest BCUT2D eigenvalue weighted by molar-refractivity contribution is 5.87. The molecule has 0 atom stereocenters. The summed E-state index contributed by atoms with van der Waals surface area (Å²) in [6.07, 6.45) is 3.78. The van der Waals surface area contributed by atoms with Gasteiger partial charge in [0.1, 0.15) is 5.82 Å². The number of aromatic nitrogens is 2. The van der Waals surface area contributed by atoms with Gasteiger partial charge in [-0.25, -0.2) is 9.18 Å². The molecule has 0 saturated heterocycles. The normalized spacial score (nSPS) is 11.0. The second-order valence-corrected chi connectivity index (χ2v) is 4.52. The van der Waals surface area contributed by atoms with Crippen LogP contribution in [0.15, 0.2) is 36.5 Å². The second-order valence-electron chi connectivity index (χ2n) is 4.52. The average Bonchev–Trinajstić information content (AvgIpc) is 2.87. The molecule has 6 nitrogen and oxygen atoms in total. The molecule has 0 aliphatic heterocycles. The minimum absolute atomic E-state index is 0.105. The number of benzene rings is 1. The molecule has 1 aromatic carbocycles. The number of carboxylic acid groups (broad SMARTS) is 2. The SMILES string of the molecule is O=C(O)C=Cc1cn(CCC(=O)O)nc1-c1ccc(F)cc1. The van der Waals surface area contributed by atoms with Crippen LogP contribution in [0.5, 0.6) is 0 Å². The molecular weight excluding hydrogens is 291 g/mol. The van der Waals surface area contributed by atoms with E-state index in [1.807, 2.05) is 0 Å². The lowest BCUT2D eigenvalue weighted by Gasteiger charge is -1.99. The summed E-state index contributed by atoms with van der Waals surface area (Å²) in [5.74, 6) is -2.46. The number of hydrogen-bond acceptors (Lipinski definition) is 3. The maximum atomic E-state index is 13.0. The Bertz CT molecular complexity index is 720. The third-order valence-corrected chi connectivity index (χ3v) is 2.87. The van der Waals surface area contributed by atoms with Gasteiger partial charge in [-0.3, -0.25) is 9.48 Å². The van der Waals surface area contributed by atoms with Crippen molar-refractivity contribution >= 4 is 18.0 Å². The van der Waals surface area contributed by atoms with Crippen molar-refractivity contribution in [1.29, 1.82) is 0 Å². The van der Waals surface area contributed by atoms with Gasteiger partial charge in [-0.15, -0.1) is 0 Å². The lowest BCUT2D eigenvalue weighted by molar-refractivity contribution is -0.137. The Balaban J connectivity index is 2.38. The summed E-state index contributed by atoms with van der Waals surface area (Å²) in [4.78, 5) is 21.3. The first-order chi connectivity index (χ1) is 10.5. The zero-order chi connectivity index (χ0) is 16.1. The Kier molecular flexibility index (Phi) is 4.67. The third kappa shape index (κ3) is 4.02. The highest BCUT2D eigenvalue weighted by Crippen LogP contribution is 2.23. The van der Waals surface area contributed by atoms with Crippen LogP contribution in [-0.2, 0) is 16.1 Å². The van der Waals surface area contributed by atoms with Crippen LogP contribution in [0.1, 0.15) is 12.0 Å². The van der Waals surface area contributed by atoms with Crippen molar-refractivity contribution in [2.24, 2.45) is 0 Å². The molecule has 0 fully saturated rings. The molecule has 0 spiro atoms. The zero-order valence-corrected chi connectivity index (χ0v) is 11.4. The molecule has 0 amide bonds. The molecule has 7 heteroatoms. The fourth-order valence-corrected chi connectivity index (χ4v) is 1.88. The van der Waals surface area contributed by atoms with E-state index in [4.69, 9.17) is 10.2 Å². The van der Waals surface area contributed by atoms with Crippen molar-refractivity contribution in [2.45, 2.75) is 13.0 Å². The second kappa shape index (κ2) is 6.66. The van der Waals surface area contributed by atoms with Gasteiger partial charge in [-0.05, 0) is 30.3 Å². The standard InChI is InChI=1S/C15H13FN2O4/c16-12-4-1-10(2-5-12)15-11(3-6-13(19)20)9-18(17-15)8-7-14(21)22/h1-6,9H,7-8H2,(H,19,20)(H,21,22). The lowest BCUT2D eigenvalue weighted by atomic mass is 10.1. The van der Waals surface area contributed by atoms with E-state index in [0.717, 1.165) is 6.08 Å². The van der Waals surface area contributed by atoms with E-state index < -0.39 is 17.8 Å². The maximum absolute atomic E-state index is 13.0. The van der Waals surface area contributed by atoms with Crippen LogP contribution in [0.25, 0.3) is 17.3 Å². The summed E-state index contributed by atoms with van der Waals surface area (Å²) < 4.78 is 14.4. The van der Waals surface area contributed by atoms with Crippen LogP contribution in [0, 0.1) is 5.82 Å². The molecular formula is C15H13FN2O4. The fraction of sp³-hybridized carbons (Fsp3) is 0.133. The van der Waals surface area contributed by atoms with Crippen molar-refractivity contribution in [1.82, 2.24) is 9.78 Å². The van der Waals surface area contributed by atoms with E-state index in [2.05, 4.69) is 5.10 Å². The molecule has 2 rings (SSSR count). The highest BCUT2D eigenvalue weighted by Gasteiger charge is 2.10. The Hall–Kier alpha value is -2.96. The van der Waals surface area contributed by atoms with Crippen molar-refractivity contribution in [3.05, 3.63) is 47.9 Å². The number of carboxylic acids is 2. The largest absolute Gasteiger partial charge is 0.481 e. The van der Waals surface area contributed by atoms with E-state index in [0.29, 0.717) is 16.8 Å². The third-order valence-electron chi connectivity index (χ3n) is 2.87. The topological polar surface area (TPSA) is 92.4 Å². The highest BCUT2D eigenvalue weighted by atomic mass is 19.1. The van der Waals surface area contributed by atoms with Crippen molar-refractivity contribution < 1.29 is 24.2 Å². The monoisotopic (exact) mass is 304 g/mol. The van der Waals surface area contributed by atoms with Crippen LogP contribution in [0.3, 0.4) is 0 Å². The fourth-order valence-electron chi connectivity index (χ4n) is 1.88. The maximum Gasteiger partial charge on any atom is 0.328 e. The first-order valence-electron chi connectivity index (χ1n) is 6.42. The van der Waals surface area contributed by atoms with Crippen LogP contribution in [0.2, 0.25) is 0 Å². The molecule has 1 heterocycles. The molecule has 22 heavy (non-hydrogen) atoms. The van der Waals surface area contributed by atoms with Crippen LogP contribution >= 0.6 is 0 Å². The summed E-state index contributed by atoms with van der Waals surface area (Å²) in [5.41, 5.74) is 1.59. The number of aryl methyl sites for hydroxylation is 1. The van der Waals surface area contributed by atoms with E-state index in [9.17, 15) is 14.0 Å². The molecule has 0 aliphatic carbocycles. The first-order valence-corrected chi connectivity index (χ1v) is 6.42. The number of hydrogen-bond donors (Lipinski definition) is 2. The molecule has 0 saturated carbocycles. The van der Waals surface area contributed by atoms with Crippen LogP contribution < -0.4 is 0 Å². The van der Waals surface area contributed by atoms with Gasteiger partial charge in [0.25, 0.3) is 0 Å². The number of carbonyl (C=O) groups is 2. The van der Waals surface area contributed by atoms with E-state index >= 15 is 0 Å². The van der Waals surface area contributed by atoms with Gasteiger partial charge in [0.05, 0.1) is 18.7 Å². The van der Waals surface area contributed by atoms with E-state index in [1.54, 1.807) is 6.20 Å². The Morgan fingerprint density at radius 1 is 1.23 bits per heavy atom. The predicted octanol–water partition coefficient (Wildman–Crippen LogP) is 2.26. The summed E-state index contributed by atoms with van der Waals surface area (Å²) >= 11 is 0. The molecule has 0 bridgehead atoms. The van der Waals surface area contributed by atoms with Crippen LogP contribution in [0.4, 0.5) is 4.39 Å². The van der Waals surface area contributed by atoms with Crippen molar-refractivity contribution in [2.75, 3.05) is 0 Å². The summed E-state index contributed by atoms with van der Waals surface area (Å²) in [7, 11) is 0. The molecule has 0 radical (unpaired) electrons. The van der Waals surface area contributed by atoms with Gasteiger partial charge in [0, 0.05) is 23.4 Å². The van der Waals surface area contributed by atoms with Gasteiger partial charge in [-0.2, -0.15) is 5.10 Å². The molecule has 0 aliphatic rings. The van der Waals surface area contributed by atoms with Gasteiger partial charge < -0.3 is 10.2 Å². The smallest absolute Gasteiger partial charge is 0.328 e. The Morgan fingerprint density at radius 2 is 1.91 bits per heavy atom. The average molecular weight is 304 g/mol. The molecule has 0 unspecified atom stereocenters. The Morgan fingerprint density at radius 3 is 2.50 bits per heavy atom. The molecule has 114 valence electrons. The van der Waals surface area contributed by atoms with Gasteiger partial charge in [0.15, 0.2) is 0 Å². The number of nitrogens with zero attached hydrogens (tertiary/aromatic N) is 2. The van der Waals surface area contributed by atoms with Crippen molar-refractivity contribution in [3.63, 3.8) is 0 Å². The van der Waals surface area contributed by atoms with Gasteiger partial charge in [-0.1, -0.05) is 0 Å². The summed E-state index contributed by atoms with van der Waals surface area (Å²) in [6, 6.07) is 5.60. The first kappa shape index (κ1) is 15.4. The lowest BCUT2D eigenvalue weighted by Crippen LogP contribution is -2.04. The summed E-state index contributed by atoms with van der Waals surface area (Å²) in [5, 5.41) is 21.7. The van der Waals surface area contributed by atoms with Gasteiger partial charge in [0.2, 0.25) is 0 Å². The number of halogens is 1. The van der Waals surface area contributed by atoms with Gasteiger partial charge >= 0.3 is 11.9 Å². The Labute approximate surface area is 125 Å². The zero-order valence-electron chi connectivity index (χ0n) is 11.4. The van der Waals surface area contributed by atoms with E-state index in [-0.39, 0.29) is 13.0 Å². The van der Waals surface area contributed by atoms with Crippen molar-refractivity contribution in [3.8, 4) is 11.3 Å². The minimum atomic E-state index is -1.11. The molecule has 2 N–H and O–H groups in total. The minimum Gasteiger partial charge on any atom is -0.481 e. The van der Waals surface area contributed by atoms with Crippen LogP contribution in [-0.4, -0.2) is 31.9 Å². The quantitative estimate of drug-likeness (QED) is 0.799.